The van der Waals surface area contributed by atoms with Crippen molar-refractivity contribution in [3.8, 4) is 0 Å². The van der Waals surface area contributed by atoms with Crippen LogP contribution in [0.4, 0.5) is 0 Å². The highest BCUT2D eigenvalue weighted by atomic mass is 35.5. The van der Waals surface area contributed by atoms with Crippen LogP contribution < -0.4 is 5.73 Å². The summed E-state index contributed by atoms with van der Waals surface area (Å²) in [4.78, 5) is 11.2. The maximum atomic E-state index is 11.2. The average molecular weight is 258 g/mol. The van der Waals surface area contributed by atoms with Crippen molar-refractivity contribution in [1.82, 2.24) is 0 Å². The van der Waals surface area contributed by atoms with Crippen LogP contribution in [0.15, 0.2) is 23.3 Å². The third kappa shape index (κ3) is 8.03. The topological polar surface area (TPSA) is 43.1 Å². The molecule has 0 aliphatic rings. The van der Waals surface area contributed by atoms with Crippen molar-refractivity contribution in [3.05, 3.63) is 23.3 Å². The van der Waals surface area contributed by atoms with E-state index in [9.17, 15) is 4.79 Å². The lowest BCUT2D eigenvalue weighted by Gasteiger charge is -2.03. The van der Waals surface area contributed by atoms with Gasteiger partial charge in [-0.25, -0.2) is 0 Å². The highest BCUT2D eigenvalue weighted by molar-refractivity contribution is 6.19. The summed E-state index contributed by atoms with van der Waals surface area (Å²) in [6.45, 7) is 4.25. The second-order valence-electron chi connectivity index (χ2n) is 4.22. The van der Waals surface area contributed by atoms with E-state index in [0.29, 0.717) is 11.5 Å². The molecule has 0 fully saturated rings. The molecule has 0 radical (unpaired) electrons. The number of allylic oxidation sites excluding steroid dienone is 3. The molecule has 0 bridgehead atoms. The van der Waals surface area contributed by atoms with Crippen LogP contribution >= 0.6 is 11.6 Å². The molecule has 0 aromatic carbocycles. The Morgan fingerprint density at radius 1 is 1.12 bits per heavy atom. The molecule has 0 aliphatic carbocycles. The first-order valence-electron chi connectivity index (χ1n) is 6.40. The van der Waals surface area contributed by atoms with Gasteiger partial charge in [0.2, 0.25) is 5.91 Å². The molecular weight excluding hydrogens is 234 g/mol. The van der Waals surface area contributed by atoms with Crippen molar-refractivity contribution >= 4 is 17.5 Å². The van der Waals surface area contributed by atoms with Crippen LogP contribution in [0.25, 0.3) is 0 Å². The zero-order chi connectivity index (χ0) is 13.1. The molecule has 0 saturated heterocycles. The summed E-state index contributed by atoms with van der Waals surface area (Å²) in [6, 6.07) is 0. The Hall–Kier alpha value is -0.760. The van der Waals surface area contributed by atoms with Crippen LogP contribution in [0, 0.1) is 0 Å². The summed E-state index contributed by atoms with van der Waals surface area (Å²) in [5.74, 6) is 0.204. The zero-order valence-electron chi connectivity index (χ0n) is 11.0. The van der Waals surface area contributed by atoms with E-state index in [1.807, 2.05) is 12.2 Å². The van der Waals surface area contributed by atoms with Crippen molar-refractivity contribution in [3.63, 3.8) is 0 Å². The molecule has 0 aromatic rings. The molecule has 1 amide bonds. The van der Waals surface area contributed by atoms with E-state index in [0.717, 1.165) is 38.5 Å². The second kappa shape index (κ2) is 10.4. The third-order valence-corrected chi connectivity index (χ3v) is 3.00. The number of unbranched alkanes of at least 4 members (excludes halogenated alkanes) is 2. The van der Waals surface area contributed by atoms with E-state index in [4.69, 9.17) is 17.3 Å². The first kappa shape index (κ1) is 16.2. The SMILES string of the molecule is CCCCC(=CC=C(CCCC)C(N)=O)CCl. The molecule has 0 saturated carbocycles. The normalized spacial score (nSPS) is 12.9. The van der Waals surface area contributed by atoms with E-state index >= 15 is 0 Å². The van der Waals surface area contributed by atoms with E-state index in [1.54, 1.807) is 0 Å². The third-order valence-electron chi connectivity index (χ3n) is 2.66. The number of rotatable bonds is 9. The molecule has 0 aliphatic heterocycles. The number of carbonyl (C=O) groups is 1. The van der Waals surface area contributed by atoms with Gasteiger partial charge in [-0.1, -0.05) is 44.4 Å². The van der Waals surface area contributed by atoms with Crippen LogP contribution in [-0.2, 0) is 4.79 Å². The highest BCUT2D eigenvalue weighted by Gasteiger charge is 2.03. The number of alkyl halides is 1. The molecule has 17 heavy (non-hydrogen) atoms. The molecule has 2 nitrogen and oxygen atoms in total. The molecule has 0 spiro atoms. The van der Waals surface area contributed by atoms with Gasteiger partial charge in [-0.3, -0.25) is 4.79 Å². The first-order valence-corrected chi connectivity index (χ1v) is 6.93. The molecule has 2 N–H and O–H groups in total. The smallest absolute Gasteiger partial charge is 0.244 e. The Morgan fingerprint density at radius 3 is 2.18 bits per heavy atom. The molecule has 3 heteroatoms. The van der Waals surface area contributed by atoms with Crippen LogP contribution in [-0.4, -0.2) is 11.8 Å². The van der Waals surface area contributed by atoms with Gasteiger partial charge in [-0.05, 0) is 25.7 Å². The summed E-state index contributed by atoms with van der Waals surface area (Å²) < 4.78 is 0. The van der Waals surface area contributed by atoms with Crippen LogP contribution in [0.1, 0.15) is 52.4 Å². The Bertz CT molecular complexity index is 282. The van der Waals surface area contributed by atoms with Crippen LogP contribution in [0.5, 0.6) is 0 Å². The Morgan fingerprint density at radius 2 is 1.71 bits per heavy atom. The second-order valence-corrected chi connectivity index (χ2v) is 4.49. The van der Waals surface area contributed by atoms with Gasteiger partial charge >= 0.3 is 0 Å². The molecule has 0 aromatic heterocycles. The van der Waals surface area contributed by atoms with Crippen molar-refractivity contribution in [2.24, 2.45) is 5.73 Å². The van der Waals surface area contributed by atoms with Crippen molar-refractivity contribution in [1.29, 1.82) is 0 Å². The predicted octanol–water partition coefficient (Wildman–Crippen LogP) is 3.94. The zero-order valence-corrected chi connectivity index (χ0v) is 11.7. The average Bonchev–Trinajstić information content (AvgIpc) is 2.32. The summed E-state index contributed by atoms with van der Waals surface area (Å²) in [6.07, 6.45) is 9.88. The number of halogens is 1. The van der Waals surface area contributed by atoms with E-state index in [1.165, 1.54) is 5.57 Å². The van der Waals surface area contributed by atoms with Gasteiger partial charge < -0.3 is 5.73 Å². The number of nitrogens with two attached hydrogens (primary N) is 1. The van der Waals surface area contributed by atoms with Gasteiger partial charge in [-0.15, -0.1) is 11.6 Å². The fraction of sp³-hybridized carbons (Fsp3) is 0.643. The van der Waals surface area contributed by atoms with Gasteiger partial charge in [0.1, 0.15) is 0 Å². The number of hydrogen-bond donors (Lipinski definition) is 1. The number of hydrogen-bond acceptors (Lipinski definition) is 1. The lowest BCUT2D eigenvalue weighted by atomic mass is 10.1. The minimum atomic E-state index is -0.320. The summed E-state index contributed by atoms with van der Waals surface area (Å²) in [5.41, 5.74) is 7.21. The van der Waals surface area contributed by atoms with Crippen molar-refractivity contribution < 1.29 is 4.79 Å². The molecule has 98 valence electrons. The van der Waals surface area contributed by atoms with Crippen LogP contribution in [0.3, 0.4) is 0 Å². The molecule has 0 heterocycles. The standard InChI is InChI=1S/C14H24ClNO/c1-3-5-7-12(11-15)9-10-13(14(16)17)8-6-4-2/h9-10H,3-8,11H2,1-2H3,(H2,16,17). The lowest BCUT2D eigenvalue weighted by Crippen LogP contribution is -2.13. The minimum Gasteiger partial charge on any atom is -0.366 e. The van der Waals surface area contributed by atoms with Gasteiger partial charge in [0, 0.05) is 11.5 Å². The quantitative estimate of drug-likeness (QED) is 0.379. The van der Waals surface area contributed by atoms with Crippen LogP contribution in [0.2, 0.25) is 0 Å². The van der Waals surface area contributed by atoms with E-state index in [2.05, 4.69) is 13.8 Å². The summed E-state index contributed by atoms with van der Waals surface area (Å²) in [5, 5.41) is 0. The number of carbonyl (C=O) groups excluding carboxylic acids is 1. The molecule has 0 unspecified atom stereocenters. The maximum Gasteiger partial charge on any atom is 0.244 e. The Labute approximate surface area is 110 Å². The summed E-state index contributed by atoms with van der Waals surface area (Å²) >= 11 is 5.86. The van der Waals surface area contributed by atoms with Crippen molar-refractivity contribution in [2.45, 2.75) is 52.4 Å². The number of amides is 1. The molecular formula is C14H24ClNO. The molecule has 0 atom stereocenters. The fourth-order valence-corrected chi connectivity index (χ4v) is 1.70. The highest BCUT2D eigenvalue weighted by Crippen LogP contribution is 2.12. The monoisotopic (exact) mass is 257 g/mol. The predicted molar refractivity (Wildman–Crippen MR) is 75.1 cm³/mol. The Kier molecular flexibility index (Phi) is 9.93. The van der Waals surface area contributed by atoms with E-state index < -0.39 is 0 Å². The maximum absolute atomic E-state index is 11.2. The van der Waals surface area contributed by atoms with Gasteiger partial charge in [0.25, 0.3) is 0 Å². The largest absolute Gasteiger partial charge is 0.366 e. The van der Waals surface area contributed by atoms with Gasteiger partial charge in [0.05, 0.1) is 0 Å². The first-order chi connectivity index (χ1) is 8.15. The van der Waals surface area contributed by atoms with Gasteiger partial charge in [0.15, 0.2) is 0 Å². The van der Waals surface area contributed by atoms with Gasteiger partial charge in [-0.2, -0.15) is 0 Å². The lowest BCUT2D eigenvalue weighted by molar-refractivity contribution is -0.114. The Balaban J connectivity index is 4.55. The van der Waals surface area contributed by atoms with Crippen molar-refractivity contribution in [2.75, 3.05) is 5.88 Å². The number of primary amides is 1. The van der Waals surface area contributed by atoms with E-state index in [-0.39, 0.29) is 5.91 Å². The minimum absolute atomic E-state index is 0.320. The molecule has 0 rings (SSSR count). The summed E-state index contributed by atoms with van der Waals surface area (Å²) in [7, 11) is 0. The fourth-order valence-electron chi connectivity index (χ4n) is 1.47.